The van der Waals surface area contributed by atoms with E-state index in [2.05, 4.69) is 49.4 Å². The monoisotopic (exact) mass is 384 g/mol. The summed E-state index contributed by atoms with van der Waals surface area (Å²) in [5.74, 6) is 1.21. The summed E-state index contributed by atoms with van der Waals surface area (Å²) in [5, 5.41) is 20.8. The van der Waals surface area contributed by atoms with E-state index in [1.165, 1.54) is 11.1 Å². The van der Waals surface area contributed by atoms with Crippen LogP contribution in [0.15, 0.2) is 48.1 Å². The summed E-state index contributed by atoms with van der Waals surface area (Å²) in [4.78, 5) is 0. The van der Waals surface area contributed by atoms with Crippen LogP contribution in [0.2, 0.25) is 0 Å². The van der Waals surface area contributed by atoms with Gasteiger partial charge >= 0.3 is 0 Å². The topological polar surface area (TPSA) is 49.7 Å². The van der Waals surface area contributed by atoms with Gasteiger partial charge in [-0.1, -0.05) is 49.4 Å². The van der Waals surface area contributed by atoms with Gasteiger partial charge in [-0.3, -0.25) is 0 Å². The molecule has 2 aliphatic carbocycles. The summed E-state index contributed by atoms with van der Waals surface area (Å²) in [6.07, 6.45) is 9.07. The summed E-state index contributed by atoms with van der Waals surface area (Å²) in [6.45, 7) is 7.92. The number of hydrogen-bond acceptors (Lipinski definition) is 3. The average molecular weight is 385 g/mol. The first kappa shape index (κ1) is 21.3. The molecule has 0 saturated carbocycles. The van der Waals surface area contributed by atoms with Gasteiger partial charge in [0.15, 0.2) is 0 Å². The Morgan fingerprint density at radius 2 is 1.61 bits per heavy atom. The minimum absolute atomic E-state index is 0.0541. The zero-order chi connectivity index (χ0) is 20.5. The van der Waals surface area contributed by atoms with Gasteiger partial charge in [0.05, 0.1) is 17.8 Å². The first-order valence-electron chi connectivity index (χ1n) is 10.6. The second-order valence-electron chi connectivity index (χ2n) is 9.42. The Morgan fingerprint density at radius 3 is 2.14 bits per heavy atom. The molecule has 1 aromatic carbocycles. The average Bonchev–Trinajstić information content (AvgIpc) is 2.98. The highest BCUT2D eigenvalue weighted by Crippen LogP contribution is 2.38. The molecule has 154 valence electrons. The molecule has 2 aliphatic rings. The smallest absolute Gasteiger partial charge is 0.0751 e. The first-order chi connectivity index (χ1) is 13.2. The van der Waals surface area contributed by atoms with Gasteiger partial charge in [-0.2, -0.15) is 0 Å². The lowest BCUT2D eigenvalue weighted by molar-refractivity contribution is -0.0264. The third-order valence-corrected chi connectivity index (χ3v) is 6.74. The Labute approximate surface area is 170 Å². The largest absolute Gasteiger partial charge is 0.390 e. The van der Waals surface area contributed by atoms with Crippen LogP contribution in [0.25, 0.3) is 0 Å². The van der Waals surface area contributed by atoms with Gasteiger partial charge in [0, 0.05) is 18.9 Å². The third-order valence-electron chi connectivity index (χ3n) is 6.74. The summed E-state index contributed by atoms with van der Waals surface area (Å²) in [5.41, 5.74) is 2.83. The lowest BCUT2D eigenvalue weighted by Crippen LogP contribution is -2.41. The van der Waals surface area contributed by atoms with Gasteiger partial charge in [0.1, 0.15) is 0 Å². The van der Waals surface area contributed by atoms with E-state index in [9.17, 15) is 10.2 Å². The zero-order valence-electron chi connectivity index (χ0n) is 17.9. The summed E-state index contributed by atoms with van der Waals surface area (Å²) >= 11 is 0. The number of ether oxygens (including phenoxy) is 1. The Bertz CT molecular complexity index is 710. The van der Waals surface area contributed by atoms with Crippen molar-refractivity contribution < 1.29 is 14.9 Å². The van der Waals surface area contributed by atoms with Gasteiger partial charge < -0.3 is 14.9 Å². The number of aliphatic hydroxyl groups is 2. The van der Waals surface area contributed by atoms with Gasteiger partial charge in [-0.05, 0) is 68.6 Å². The molecule has 0 saturated heterocycles. The fourth-order valence-corrected chi connectivity index (χ4v) is 5.04. The normalized spacial score (nSPS) is 33.2. The van der Waals surface area contributed by atoms with E-state index in [1.807, 2.05) is 20.8 Å². The molecule has 2 N–H and O–H groups in total. The second kappa shape index (κ2) is 8.52. The lowest BCUT2D eigenvalue weighted by Gasteiger charge is -2.40. The molecule has 0 fully saturated rings. The van der Waals surface area contributed by atoms with Crippen molar-refractivity contribution in [3.63, 3.8) is 0 Å². The molecule has 0 unspecified atom stereocenters. The summed E-state index contributed by atoms with van der Waals surface area (Å²) in [6, 6.07) is 8.89. The molecule has 6 atom stereocenters. The van der Waals surface area contributed by atoms with Crippen molar-refractivity contribution in [2.45, 2.75) is 64.8 Å². The van der Waals surface area contributed by atoms with Gasteiger partial charge in [0.2, 0.25) is 0 Å². The Hall–Kier alpha value is -1.42. The molecule has 1 aromatic rings. The Balaban J connectivity index is 1.69. The van der Waals surface area contributed by atoms with Crippen molar-refractivity contribution in [2.75, 3.05) is 7.11 Å². The molecule has 28 heavy (non-hydrogen) atoms. The van der Waals surface area contributed by atoms with Gasteiger partial charge in [-0.15, -0.1) is 0 Å². The molecule has 0 aliphatic heterocycles. The highest BCUT2D eigenvalue weighted by atomic mass is 16.5. The fraction of sp³-hybridized carbons (Fsp3) is 0.600. The maximum Gasteiger partial charge on any atom is 0.0751 e. The minimum atomic E-state index is -0.802. The molecule has 3 nitrogen and oxygen atoms in total. The number of methoxy groups -OCH3 is 1. The summed E-state index contributed by atoms with van der Waals surface area (Å²) in [7, 11) is 1.81. The van der Waals surface area contributed by atoms with Crippen molar-refractivity contribution in [1.82, 2.24) is 0 Å². The van der Waals surface area contributed by atoms with Crippen LogP contribution in [-0.4, -0.2) is 35.1 Å². The van der Waals surface area contributed by atoms with Crippen LogP contribution in [0.1, 0.15) is 45.2 Å². The Kier molecular flexibility index (Phi) is 6.48. The molecular weight excluding hydrogens is 348 g/mol. The van der Waals surface area contributed by atoms with Crippen LogP contribution in [0.3, 0.4) is 0 Å². The molecule has 0 heterocycles. The minimum Gasteiger partial charge on any atom is -0.390 e. The molecule has 3 rings (SSSR count). The van der Waals surface area contributed by atoms with Crippen molar-refractivity contribution in [2.24, 2.45) is 23.7 Å². The van der Waals surface area contributed by atoms with Crippen LogP contribution < -0.4 is 0 Å². The van der Waals surface area contributed by atoms with Gasteiger partial charge in [0.25, 0.3) is 0 Å². The SMILES string of the molecule is CO[C@@H]1[C@@H](C)C=C[C@H]1Cc1ccc(C[C@H]2C=C(C)[C@@H](O)C[C@@H]2C(C)(C)O)cc1. The lowest BCUT2D eigenvalue weighted by atomic mass is 9.70. The van der Waals surface area contributed by atoms with E-state index in [0.717, 1.165) is 18.4 Å². The second-order valence-corrected chi connectivity index (χ2v) is 9.42. The van der Waals surface area contributed by atoms with Gasteiger partial charge in [-0.25, -0.2) is 0 Å². The first-order valence-corrected chi connectivity index (χ1v) is 10.6. The molecule has 0 radical (unpaired) electrons. The summed E-state index contributed by atoms with van der Waals surface area (Å²) < 4.78 is 5.68. The number of benzene rings is 1. The number of allylic oxidation sites excluding steroid dienone is 1. The molecule has 0 bridgehead atoms. The fourth-order valence-electron chi connectivity index (χ4n) is 5.04. The maximum atomic E-state index is 10.6. The highest BCUT2D eigenvalue weighted by molar-refractivity contribution is 5.27. The molecule has 3 heteroatoms. The predicted octanol–water partition coefficient (Wildman–Crippen LogP) is 4.32. The number of aliphatic hydroxyl groups excluding tert-OH is 1. The van der Waals surface area contributed by atoms with Crippen molar-refractivity contribution in [1.29, 1.82) is 0 Å². The van der Waals surface area contributed by atoms with E-state index in [1.54, 1.807) is 7.11 Å². The zero-order valence-corrected chi connectivity index (χ0v) is 17.9. The predicted molar refractivity (Wildman–Crippen MR) is 114 cm³/mol. The third kappa shape index (κ3) is 4.76. The molecular formula is C25H36O3. The van der Waals surface area contributed by atoms with E-state index in [0.29, 0.717) is 18.3 Å². The van der Waals surface area contributed by atoms with Crippen molar-refractivity contribution >= 4 is 0 Å². The van der Waals surface area contributed by atoms with Crippen LogP contribution in [0.4, 0.5) is 0 Å². The van der Waals surface area contributed by atoms with Crippen LogP contribution in [-0.2, 0) is 17.6 Å². The van der Waals surface area contributed by atoms with Crippen LogP contribution >= 0.6 is 0 Å². The Morgan fingerprint density at radius 1 is 1.04 bits per heavy atom. The molecule has 0 spiro atoms. The highest BCUT2D eigenvalue weighted by Gasteiger charge is 2.37. The van der Waals surface area contributed by atoms with E-state index in [4.69, 9.17) is 4.74 Å². The van der Waals surface area contributed by atoms with Crippen molar-refractivity contribution in [3.8, 4) is 0 Å². The standard InChI is InChI=1S/C25H36O3/c1-16-6-11-20(24(16)28-5)13-18-7-9-19(10-8-18)14-21-12-17(2)23(26)15-22(21)25(3,4)27/h6-12,16,20-24,26-27H,13-15H2,1-5H3/t16-,20-,21+,22-,23-,24+/m0/s1. The van der Waals surface area contributed by atoms with E-state index in [-0.39, 0.29) is 17.9 Å². The van der Waals surface area contributed by atoms with Crippen LogP contribution in [0, 0.1) is 23.7 Å². The van der Waals surface area contributed by atoms with Crippen molar-refractivity contribution in [3.05, 3.63) is 59.2 Å². The van der Waals surface area contributed by atoms with Crippen LogP contribution in [0.5, 0.6) is 0 Å². The number of rotatable bonds is 6. The maximum absolute atomic E-state index is 10.6. The van der Waals surface area contributed by atoms with E-state index < -0.39 is 11.7 Å². The number of hydrogen-bond donors (Lipinski definition) is 2. The van der Waals surface area contributed by atoms with E-state index >= 15 is 0 Å². The molecule has 0 aromatic heterocycles. The quantitative estimate of drug-likeness (QED) is 0.718. The molecule has 0 amide bonds.